The summed E-state index contributed by atoms with van der Waals surface area (Å²) < 4.78 is 0.461. The number of aromatic nitrogens is 1. The Labute approximate surface area is 106 Å². The lowest BCUT2D eigenvalue weighted by atomic mass is 10.2. The molecule has 1 aromatic heterocycles. The smallest absolute Gasteiger partial charge is 0.311 e. The Morgan fingerprint density at radius 1 is 1.71 bits per heavy atom. The normalized spacial score (nSPS) is 11.9. The summed E-state index contributed by atoms with van der Waals surface area (Å²) in [7, 11) is 0. The number of hydrogen-bond donors (Lipinski definition) is 2. The van der Waals surface area contributed by atoms with E-state index in [1.54, 1.807) is 6.92 Å². The Kier molecular flexibility index (Phi) is 4.38. The SMILES string of the molecule is CC(CC(N)=O)Nc1c(Br)cncc1[N+](=O)[O-]. The number of carbonyl (C=O) groups excluding carboxylic acids is 1. The van der Waals surface area contributed by atoms with E-state index in [1.165, 1.54) is 6.20 Å². The summed E-state index contributed by atoms with van der Waals surface area (Å²) in [5.41, 5.74) is 5.18. The molecule has 7 nitrogen and oxygen atoms in total. The Morgan fingerprint density at radius 3 is 2.88 bits per heavy atom. The molecular formula is C9H11BrN4O3. The van der Waals surface area contributed by atoms with E-state index in [1.807, 2.05) is 0 Å². The van der Waals surface area contributed by atoms with Crippen molar-refractivity contribution in [2.45, 2.75) is 19.4 Å². The topological polar surface area (TPSA) is 111 Å². The van der Waals surface area contributed by atoms with E-state index in [9.17, 15) is 14.9 Å². The lowest BCUT2D eigenvalue weighted by Gasteiger charge is -2.14. The number of pyridine rings is 1. The second kappa shape index (κ2) is 5.58. The zero-order valence-electron chi connectivity index (χ0n) is 9.01. The number of rotatable bonds is 5. The van der Waals surface area contributed by atoms with Crippen molar-refractivity contribution in [1.29, 1.82) is 0 Å². The van der Waals surface area contributed by atoms with Crippen LogP contribution in [-0.4, -0.2) is 21.9 Å². The molecule has 8 heteroatoms. The maximum absolute atomic E-state index is 10.8. The van der Waals surface area contributed by atoms with Crippen LogP contribution in [-0.2, 0) is 4.79 Å². The van der Waals surface area contributed by atoms with Gasteiger partial charge in [-0.2, -0.15) is 0 Å². The molecule has 0 fully saturated rings. The van der Waals surface area contributed by atoms with Crippen molar-refractivity contribution < 1.29 is 9.72 Å². The number of nitrogens with one attached hydrogen (secondary N) is 1. The van der Waals surface area contributed by atoms with Gasteiger partial charge in [-0.3, -0.25) is 19.9 Å². The summed E-state index contributed by atoms with van der Waals surface area (Å²) in [5, 5.41) is 13.7. The maximum Gasteiger partial charge on any atom is 0.311 e. The summed E-state index contributed by atoms with van der Waals surface area (Å²) in [5.74, 6) is -0.474. The summed E-state index contributed by atoms with van der Waals surface area (Å²) in [4.78, 5) is 24.7. The molecule has 0 bridgehead atoms. The lowest BCUT2D eigenvalue weighted by Crippen LogP contribution is -2.24. The number of halogens is 1. The van der Waals surface area contributed by atoms with Gasteiger partial charge in [0, 0.05) is 18.7 Å². The number of anilines is 1. The third-order valence-electron chi connectivity index (χ3n) is 1.97. The molecule has 0 spiro atoms. The number of carbonyl (C=O) groups is 1. The molecule has 17 heavy (non-hydrogen) atoms. The van der Waals surface area contributed by atoms with Gasteiger partial charge in [-0.15, -0.1) is 0 Å². The molecule has 1 amide bonds. The molecule has 3 N–H and O–H groups in total. The predicted molar refractivity (Wildman–Crippen MR) is 65.5 cm³/mol. The fourth-order valence-electron chi connectivity index (χ4n) is 1.31. The number of nitro groups is 1. The molecule has 0 saturated carbocycles. The van der Waals surface area contributed by atoms with E-state index in [2.05, 4.69) is 26.2 Å². The van der Waals surface area contributed by atoms with Gasteiger partial charge in [-0.25, -0.2) is 0 Å². The van der Waals surface area contributed by atoms with Gasteiger partial charge in [-0.05, 0) is 22.9 Å². The molecule has 0 radical (unpaired) electrons. The first-order valence-electron chi connectivity index (χ1n) is 4.74. The lowest BCUT2D eigenvalue weighted by molar-refractivity contribution is -0.384. The minimum Gasteiger partial charge on any atom is -0.375 e. The highest BCUT2D eigenvalue weighted by atomic mass is 79.9. The molecule has 0 aromatic carbocycles. The van der Waals surface area contributed by atoms with Crippen molar-refractivity contribution >= 4 is 33.2 Å². The van der Waals surface area contributed by atoms with Crippen molar-refractivity contribution in [1.82, 2.24) is 4.98 Å². The van der Waals surface area contributed by atoms with E-state index in [4.69, 9.17) is 5.73 Å². The molecule has 0 aliphatic carbocycles. The van der Waals surface area contributed by atoms with Gasteiger partial charge < -0.3 is 11.1 Å². The third kappa shape index (κ3) is 3.66. The van der Waals surface area contributed by atoms with Crippen molar-refractivity contribution in [2.24, 2.45) is 5.73 Å². The van der Waals surface area contributed by atoms with Crippen LogP contribution < -0.4 is 11.1 Å². The number of primary amides is 1. The van der Waals surface area contributed by atoms with Gasteiger partial charge in [0.2, 0.25) is 5.91 Å². The zero-order chi connectivity index (χ0) is 13.0. The fourth-order valence-corrected chi connectivity index (χ4v) is 1.74. The van der Waals surface area contributed by atoms with Crippen molar-refractivity contribution in [3.05, 3.63) is 27.0 Å². The molecule has 1 heterocycles. The maximum atomic E-state index is 10.8. The highest BCUT2D eigenvalue weighted by Crippen LogP contribution is 2.31. The molecule has 0 saturated heterocycles. The van der Waals surface area contributed by atoms with Gasteiger partial charge in [0.25, 0.3) is 0 Å². The van der Waals surface area contributed by atoms with Gasteiger partial charge in [0.1, 0.15) is 11.9 Å². The number of hydrogen-bond acceptors (Lipinski definition) is 5. The first-order chi connectivity index (χ1) is 7.91. The fraction of sp³-hybridized carbons (Fsp3) is 0.333. The van der Waals surface area contributed by atoms with E-state index in [0.717, 1.165) is 6.20 Å². The zero-order valence-corrected chi connectivity index (χ0v) is 10.6. The second-order valence-corrected chi connectivity index (χ2v) is 4.34. The first-order valence-corrected chi connectivity index (χ1v) is 5.54. The van der Waals surface area contributed by atoms with Crippen LogP contribution in [0.25, 0.3) is 0 Å². The minimum absolute atomic E-state index is 0.0892. The second-order valence-electron chi connectivity index (χ2n) is 3.49. The van der Waals surface area contributed by atoms with Crippen LogP contribution in [0.1, 0.15) is 13.3 Å². The molecule has 92 valence electrons. The summed E-state index contributed by atoms with van der Waals surface area (Å²) >= 11 is 3.16. The quantitative estimate of drug-likeness (QED) is 0.631. The highest BCUT2D eigenvalue weighted by Gasteiger charge is 2.19. The van der Waals surface area contributed by atoms with E-state index in [-0.39, 0.29) is 18.2 Å². The molecule has 0 aliphatic rings. The average Bonchev–Trinajstić information content (AvgIpc) is 2.19. The standard InChI is InChI=1S/C9H11BrN4O3/c1-5(2-8(11)15)13-9-6(10)3-12-4-7(9)14(16)17/h3-5H,2H2,1H3,(H2,11,15)(H,12,13). The number of nitrogens with zero attached hydrogens (tertiary/aromatic N) is 2. The number of amides is 1. The van der Waals surface area contributed by atoms with Crippen LogP contribution >= 0.6 is 15.9 Å². The van der Waals surface area contributed by atoms with Gasteiger partial charge in [0.15, 0.2) is 0 Å². The molecule has 1 rings (SSSR count). The van der Waals surface area contributed by atoms with Crippen molar-refractivity contribution in [2.75, 3.05) is 5.32 Å². The van der Waals surface area contributed by atoms with Crippen LogP contribution in [0.2, 0.25) is 0 Å². The highest BCUT2D eigenvalue weighted by molar-refractivity contribution is 9.10. The van der Waals surface area contributed by atoms with Gasteiger partial charge in [-0.1, -0.05) is 0 Å². The first kappa shape index (κ1) is 13.4. The van der Waals surface area contributed by atoms with Crippen LogP contribution in [0.15, 0.2) is 16.9 Å². The number of nitrogens with two attached hydrogens (primary N) is 1. The molecule has 1 unspecified atom stereocenters. The Balaban J connectivity index is 2.96. The minimum atomic E-state index is -0.545. The Bertz CT molecular complexity index is 452. The summed E-state index contributed by atoms with van der Waals surface area (Å²) in [6.07, 6.45) is 2.67. The van der Waals surface area contributed by atoms with E-state index < -0.39 is 10.8 Å². The third-order valence-corrected chi connectivity index (χ3v) is 2.58. The predicted octanol–water partition coefficient (Wildman–Crippen LogP) is 1.43. The van der Waals surface area contributed by atoms with Crippen LogP contribution in [0.3, 0.4) is 0 Å². The van der Waals surface area contributed by atoms with Crippen molar-refractivity contribution in [3.8, 4) is 0 Å². The molecular weight excluding hydrogens is 292 g/mol. The molecule has 1 aromatic rings. The molecule has 1 atom stereocenters. The van der Waals surface area contributed by atoms with E-state index in [0.29, 0.717) is 10.2 Å². The van der Waals surface area contributed by atoms with Crippen LogP contribution in [0.5, 0.6) is 0 Å². The summed E-state index contributed by atoms with van der Waals surface area (Å²) in [6, 6.07) is -0.301. The Morgan fingerprint density at radius 2 is 2.35 bits per heavy atom. The van der Waals surface area contributed by atoms with Gasteiger partial charge in [0.05, 0.1) is 9.40 Å². The molecule has 0 aliphatic heterocycles. The average molecular weight is 303 g/mol. The van der Waals surface area contributed by atoms with Crippen LogP contribution in [0, 0.1) is 10.1 Å². The largest absolute Gasteiger partial charge is 0.375 e. The van der Waals surface area contributed by atoms with Crippen molar-refractivity contribution in [3.63, 3.8) is 0 Å². The van der Waals surface area contributed by atoms with E-state index >= 15 is 0 Å². The van der Waals surface area contributed by atoms with Crippen LogP contribution in [0.4, 0.5) is 11.4 Å². The van der Waals surface area contributed by atoms with Gasteiger partial charge >= 0.3 is 5.69 Å². The Hall–Kier alpha value is -1.70. The summed E-state index contributed by atoms with van der Waals surface area (Å²) in [6.45, 7) is 1.71. The monoisotopic (exact) mass is 302 g/mol.